The van der Waals surface area contributed by atoms with Crippen LogP contribution in [0.1, 0.15) is 16.1 Å². The third-order valence-electron chi connectivity index (χ3n) is 5.02. The zero-order chi connectivity index (χ0) is 18.8. The maximum absolute atomic E-state index is 12.8. The van der Waals surface area contributed by atoms with E-state index < -0.39 is 6.10 Å². The SMILES string of the molecule is COc1ncccc1C(=O)N1C[C@@H](Cc2ccc3ccccc3n2)[C@H](O)C1. The van der Waals surface area contributed by atoms with Crippen LogP contribution in [0.5, 0.6) is 5.88 Å². The van der Waals surface area contributed by atoms with Crippen molar-refractivity contribution in [1.82, 2.24) is 14.9 Å². The smallest absolute Gasteiger partial charge is 0.259 e. The predicted molar refractivity (Wildman–Crippen MR) is 102 cm³/mol. The number of carbonyl (C=O) groups excluding carboxylic acids is 1. The van der Waals surface area contributed by atoms with Gasteiger partial charge in [-0.2, -0.15) is 0 Å². The van der Waals surface area contributed by atoms with Crippen LogP contribution < -0.4 is 4.74 Å². The van der Waals surface area contributed by atoms with E-state index in [9.17, 15) is 9.90 Å². The van der Waals surface area contributed by atoms with E-state index in [1.807, 2.05) is 36.4 Å². The number of aliphatic hydroxyl groups excluding tert-OH is 1. The molecule has 0 unspecified atom stereocenters. The molecule has 27 heavy (non-hydrogen) atoms. The van der Waals surface area contributed by atoms with Crippen LogP contribution in [-0.4, -0.2) is 52.2 Å². The highest BCUT2D eigenvalue weighted by Crippen LogP contribution is 2.25. The Bertz CT molecular complexity index is 976. The molecule has 6 nitrogen and oxygen atoms in total. The van der Waals surface area contributed by atoms with E-state index in [1.54, 1.807) is 23.2 Å². The molecule has 3 heterocycles. The van der Waals surface area contributed by atoms with Gasteiger partial charge in [-0.1, -0.05) is 24.3 Å². The second kappa shape index (κ2) is 7.32. The molecule has 0 spiro atoms. The van der Waals surface area contributed by atoms with Crippen LogP contribution in [0, 0.1) is 5.92 Å². The number of hydrogen-bond donors (Lipinski definition) is 1. The number of likely N-dealkylation sites (tertiary alicyclic amines) is 1. The number of methoxy groups -OCH3 is 1. The lowest BCUT2D eigenvalue weighted by Crippen LogP contribution is -2.30. The van der Waals surface area contributed by atoms with Crippen molar-refractivity contribution >= 4 is 16.8 Å². The summed E-state index contributed by atoms with van der Waals surface area (Å²) in [7, 11) is 1.49. The van der Waals surface area contributed by atoms with Gasteiger partial charge in [0.05, 0.1) is 18.7 Å². The topological polar surface area (TPSA) is 75.5 Å². The molecule has 2 atom stereocenters. The van der Waals surface area contributed by atoms with Crippen molar-refractivity contribution in [2.45, 2.75) is 12.5 Å². The zero-order valence-corrected chi connectivity index (χ0v) is 15.1. The summed E-state index contributed by atoms with van der Waals surface area (Å²) < 4.78 is 5.19. The third kappa shape index (κ3) is 3.48. The van der Waals surface area contributed by atoms with Gasteiger partial charge in [0, 0.05) is 36.3 Å². The number of ether oxygens (including phenoxy) is 1. The minimum atomic E-state index is -0.579. The molecule has 4 rings (SSSR count). The molecule has 6 heteroatoms. The summed E-state index contributed by atoms with van der Waals surface area (Å²) in [4.78, 5) is 23.3. The Kier molecular flexibility index (Phi) is 4.73. The fraction of sp³-hybridized carbons (Fsp3) is 0.286. The lowest BCUT2D eigenvalue weighted by atomic mass is 9.99. The number of pyridine rings is 2. The molecule has 1 fully saturated rings. The highest BCUT2D eigenvalue weighted by Gasteiger charge is 2.35. The van der Waals surface area contributed by atoms with Crippen LogP contribution >= 0.6 is 0 Å². The standard InChI is InChI=1S/C21H21N3O3/c1-27-20-17(6-4-10-22-20)21(26)24-12-15(19(25)13-24)11-16-9-8-14-5-2-3-7-18(14)23-16/h2-10,15,19,25H,11-13H2,1H3/t15-,19-/m1/s1. The van der Waals surface area contributed by atoms with Gasteiger partial charge >= 0.3 is 0 Å². The van der Waals surface area contributed by atoms with E-state index in [-0.39, 0.29) is 11.8 Å². The van der Waals surface area contributed by atoms with Crippen molar-refractivity contribution in [2.24, 2.45) is 5.92 Å². The summed E-state index contributed by atoms with van der Waals surface area (Å²) in [5, 5.41) is 11.6. The molecule has 1 saturated heterocycles. The van der Waals surface area contributed by atoms with Gasteiger partial charge < -0.3 is 14.7 Å². The van der Waals surface area contributed by atoms with Crippen molar-refractivity contribution in [3.63, 3.8) is 0 Å². The number of β-amino-alcohol motifs (C(OH)–C–C–N with tert-alkyl or cyclic N) is 1. The molecule has 1 N–H and O–H groups in total. The maximum Gasteiger partial charge on any atom is 0.259 e. The largest absolute Gasteiger partial charge is 0.480 e. The van der Waals surface area contributed by atoms with Gasteiger partial charge in [-0.3, -0.25) is 9.78 Å². The van der Waals surface area contributed by atoms with Gasteiger partial charge in [-0.25, -0.2) is 4.98 Å². The predicted octanol–water partition coefficient (Wildman–Crippen LogP) is 2.31. The fourth-order valence-electron chi connectivity index (χ4n) is 3.60. The molecule has 138 valence electrons. The fourth-order valence-corrected chi connectivity index (χ4v) is 3.60. The van der Waals surface area contributed by atoms with Crippen molar-refractivity contribution in [1.29, 1.82) is 0 Å². The number of amides is 1. The quantitative estimate of drug-likeness (QED) is 0.770. The number of benzene rings is 1. The van der Waals surface area contributed by atoms with Gasteiger partial charge in [0.15, 0.2) is 0 Å². The molecular formula is C21H21N3O3. The van der Waals surface area contributed by atoms with Crippen LogP contribution in [0.2, 0.25) is 0 Å². The van der Waals surface area contributed by atoms with Gasteiger partial charge in [-0.05, 0) is 30.7 Å². The number of aliphatic hydroxyl groups is 1. The summed E-state index contributed by atoms with van der Waals surface area (Å²) in [6, 6.07) is 15.4. The van der Waals surface area contributed by atoms with E-state index in [0.29, 0.717) is 31.0 Å². The van der Waals surface area contributed by atoms with Crippen molar-refractivity contribution in [3.8, 4) is 5.88 Å². The van der Waals surface area contributed by atoms with Crippen LogP contribution in [0.25, 0.3) is 10.9 Å². The summed E-state index contributed by atoms with van der Waals surface area (Å²) in [6.45, 7) is 0.779. The summed E-state index contributed by atoms with van der Waals surface area (Å²) >= 11 is 0. The van der Waals surface area contributed by atoms with Gasteiger partial charge in [0.1, 0.15) is 5.56 Å². The Morgan fingerprint density at radius 1 is 1.19 bits per heavy atom. The molecule has 0 aliphatic carbocycles. The van der Waals surface area contributed by atoms with Gasteiger partial charge in [-0.15, -0.1) is 0 Å². The van der Waals surface area contributed by atoms with Crippen molar-refractivity contribution in [2.75, 3.05) is 20.2 Å². The highest BCUT2D eigenvalue weighted by atomic mass is 16.5. The average Bonchev–Trinajstić information content (AvgIpc) is 3.07. The second-order valence-corrected chi connectivity index (χ2v) is 6.80. The minimum absolute atomic E-state index is 0.0507. The number of hydrogen-bond acceptors (Lipinski definition) is 5. The molecule has 0 bridgehead atoms. The van der Waals surface area contributed by atoms with E-state index in [0.717, 1.165) is 16.6 Å². The van der Waals surface area contributed by atoms with Gasteiger partial charge in [0.2, 0.25) is 5.88 Å². The number of aromatic nitrogens is 2. The minimum Gasteiger partial charge on any atom is -0.480 e. The third-order valence-corrected chi connectivity index (χ3v) is 5.02. The average molecular weight is 363 g/mol. The molecule has 2 aromatic heterocycles. The number of fused-ring (bicyclic) bond motifs is 1. The van der Waals surface area contributed by atoms with E-state index >= 15 is 0 Å². The van der Waals surface area contributed by atoms with Crippen LogP contribution in [0.15, 0.2) is 54.7 Å². The Hall–Kier alpha value is -2.99. The molecule has 1 aliphatic heterocycles. The number of rotatable bonds is 4. The first kappa shape index (κ1) is 17.4. The van der Waals surface area contributed by atoms with E-state index in [2.05, 4.69) is 9.97 Å². The maximum atomic E-state index is 12.8. The number of para-hydroxylation sites is 1. The van der Waals surface area contributed by atoms with Gasteiger partial charge in [0.25, 0.3) is 5.91 Å². The number of nitrogens with zero attached hydrogens (tertiary/aromatic N) is 3. The zero-order valence-electron chi connectivity index (χ0n) is 15.1. The summed E-state index contributed by atoms with van der Waals surface area (Å²) in [5.74, 6) is 0.0786. The van der Waals surface area contributed by atoms with E-state index in [4.69, 9.17) is 4.74 Å². The molecular weight excluding hydrogens is 342 g/mol. The highest BCUT2D eigenvalue weighted by molar-refractivity contribution is 5.96. The first-order valence-electron chi connectivity index (χ1n) is 8.96. The first-order chi connectivity index (χ1) is 13.2. The molecule has 1 aliphatic rings. The Morgan fingerprint density at radius 2 is 2.04 bits per heavy atom. The monoisotopic (exact) mass is 363 g/mol. The Balaban J connectivity index is 1.50. The van der Waals surface area contributed by atoms with Crippen molar-refractivity contribution in [3.05, 3.63) is 66.0 Å². The van der Waals surface area contributed by atoms with Crippen LogP contribution in [0.4, 0.5) is 0 Å². The van der Waals surface area contributed by atoms with E-state index in [1.165, 1.54) is 7.11 Å². The molecule has 0 radical (unpaired) electrons. The van der Waals surface area contributed by atoms with Crippen LogP contribution in [0.3, 0.4) is 0 Å². The second-order valence-electron chi connectivity index (χ2n) is 6.80. The normalized spacial score (nSPS) is 19.4. The molecule has 3 aromatic rings. The lowest BCUT2D eigenvalue weighted by Gasteiger charge is -2.17. The number of carbonyl (C=O) groups is 1. The molecule has 1 aromatic carbocycles. The van der Waals surface area contributed by atoms with Crippen LogP contribution in [-0.2, 0) is 6.42 Å². The lowest BCUT2D eigenvalue weighted by molar-refractivity contribution is 0.0760. The molecule has 0 saturated carbocycles. The summed E-state index contributed by atoms with van der Waals surface area (Å²) in [6.07, 6.45) is 1.63. The first-order valence-corrected chi connectivity index (χ1v) is 8.96. The summed E-state index contributed by atoms with van der Waals surface area (Å²) in [5.41, 5.74) is 2.28. The van der Waals surface area contributed by atoms with Crippen molar-refractivity contribution < 1.29 is 14.6 Å². The Labute approximate surface area is 157 Å². The molecule has 1 amide bonds. The Morgan fingerprint density at radius 3 is 2.89 bits per heavy atom.